The summed E-state index contributed by atoms with van der Waals surface area (Å²) in [5, 5.41) is 3.08. The normalized spacial score (nSPS) is 14.3. The van der Waals surface area contributed by atoms with E-state index in [1.807, 2.05) is 25.1 Å². The molecule has 0 radical (unpaired) electrons. The average molecular weight is 487 g/mol. The highest BCUT2D eigenvalue weighted by molar-refractivity contribution is 9.10. The molecule has 0 aromatic heterocycles. The van der Waals surface area contributed by atoms with Crippen molar-refractivity contribution in [2.45, 2.75) is 18.4 Å². The molecule has 3 aromatic carbocycles. The number of nitrogens with one attached hydrogen (secondary N) is 1. The fourth-order valence-corrected chi connectivity index (χ4v) is 4.89. The number of hydrogen-bond donors (Lipinski definition) is 1. The van der Waals surface area contributed by atoms with Crippen LogP contribution in [0.2, 0.25) is 0 Å². The molecular formula is C22H19BrN2O4S. The smallest absolute Gasteiger partial charge is 0.286 e. The van der Waals surface area contributed by atoms with Gasteiger partial charge in [0.05, 0.1) is 17.3 Å². The van der Waals surface area contributed by atoms with E-state index >= 15 is 0 Å². The van der Waals surface area contributed by atoms with Gasteiger partial charge in [0.1, 0.15) is 11.5 Å². The van der Waals surface area contributed by atoms with Gasteiger partial charge in [-0.05, 0) is 52.7 Å². The van der Waals surface area contributed by atoms with Gasteiger partial charge in [-0.3, -0.25) is 0 Å². The molecule has 154 valence electrons. The second-order valence-corrected chi connectivity index (χ2v) is 9.23. The second kappa shape index (κ2) is 8.12. The summed E-state index contributed by atoms with van der Waals surface area (Å²) < 4.78 is 41.2. The van der Waals surface area contributed by atoms with Crippen LogP contribution >= 0.6 is 15.9 Å². The number of rotatable bonds is 5. The summed E-state index contributed by atoms with van der Waals surface area (Å²) in [6, 6.07) is 18.2. The number of para-hydroxylation sites is 1. The number of amidine groups is 1. The van der Waals surface area contributed by atoms with E-state index in [0.29, 0.717) is 33.8 Å². The second-order valence-electron chi connectivity index (χ2n) is 6.80. The van der Waals surface area contributed by atoms with Crippen LogP contribution in [0, 0.1) is 6.92 Å². The molecule has 0 bridgehead atoms. The van der Waals surface area contributed by atoms with Gasteiger partial charge in [0.25, 0.3) is 10.0 Å². The highest BCUT2D eigenvalue weighted by Gasteiger charge is 2.26. The van der Waals surface area contributed by atoms with Crippen molar-refractivity contribution in [1.82, 2.24) is 0 Å². The van der Waals surface area contributed by atoms with Gasteiger partial charge >= 0.3 is 0 Å². The van der Waals surface area contributed by atoms with E-state index in [9.17, 15) is 8.42 Å². The predicted octanol–water partition coefficient (Wildman–Crippen LogP) is 4.91. The Bertz CT molecular complexity index is 1260. The number of ether oxygens (including phenoxy) is 2. The van der Waals surface area contributed by atoms with Crippen LogP contribution in [0.4, 0.5) is 5.69 Å². The molecule has 0 amide bonds. The molecule has 1 heterocycles. The van der Waals surface area contributed by atoms with Gasteiger partial charge in [0.15, 0.2) is 17.3 Å². The first-order chi connectivity index (χ1) is 14.4. The monoisotopic (exact) mass is 486 g/mol. The number of methoxy groups -OCH3 is 1. The Hall–Kier alpha value is -2.84. The lowest BCUT2D eigenvalue weighted by molar-refractivity contribution is 0.282. The summed E-state index contributed by atoms with van der Waals surface area (Å²) in [6.07, 6.45) is 0. The lowest BCUT2D eigenvalue weighted by atomic mass is 10.1. The lowest BCUT2D eigenvalue weighted by Crippen LogP contribution is -2.22. The SMILES string of the molecule is COc1cc(C2=NS(=O)(=O)c3ccccc3N2)cc(Br)c1OCc1cccc(C)c1. The Labute approximate surface area is 183 Å². The number of aryl methyl sites for hydroxylation is 1. The molecule has 0 spiro atoms. The van der Waals surface area contributed by atoms with Crippen molar-refractivity contribution in [3.63, 3.8) is 0 Å². The third kappa shape index (κ3) is 4.06. The lowest BCUT2D eigenvalue weighted by Gasteiger charge is -2.20. The Morgan fingerprint density at radius 3 is 2.63 bits per heavy atom. The Morgan fingerprint density at radius 1 is 1.07 bits per heavy atom. The van der Waals surface area contributed by atoms with Crippen LogP contribution < -0.4 is 14.8 Å². The van der Waals surface area contributed by atoms with Crippen LogP contribution in [0.1, 0.15) is 16.7 Å². The van der Waals surface area contributed by atoms with Crippen LogP contribution in [0.25, 0.3) is 0 Å². The van der Waals surface area contributed by atoms with Crippen molar-refractivity contribution >= 4 is 37.5 Å². The maximum absolute atomic E-state index is 12.6. The quantitative estimate of drug-likeness (QED) is 0.554. The number of nitrogens with zero attached hydrogens (tertiary/aromatic N) is 1. The van der Waals surface area contributed by atoms with Crippen LogP contribution in [0.3, 0.4) is 0 Å². The number of benzene rings is 3. The Balaban J connectivity index is 1.67. The van der Waals surface area contributed by atoms with Gasteiger partial charge in [0.2, 0.25) is 0 Å². The molecule has 0 atom stereocenters. The first-order valence-corrected chi connectivity index (χ1v) is 11.4. The Morgan fingerprint density at radius 2 is 1.87 bits per heavy atom. The van der Waals surface area contributed by atoms with Crippen LogP contribution in [0.15, 0.2) is 74.4 Å². The molecule has 4 rings (SSSR count). The van der Waals surface area contributed by atoms with Gasteiger partial charge in [-0.1, -0.05) is 42.0 Å². The van der Waals surface area contributed by atoms with Crippen molar-refractivity contribution in [1.29, 1.82) is 0 Å². The number of halogens is 1. The summed E-state index contributed by atoms with van der Waals surface area (Å²) in [5.74, 6) is 1.22. The van der Waals surface area contributed by atoms with Crippen molar-refractivity contribution in [2.24, 2.45) is 4.40 Å². The van der Waals surface area contributed by atoms with Gasteiger partial charge < -0.3 is 14.8 Å². The van der Waals surface area contributed by atoms with E-state index in [1.165, 1.54) is 13.2 Å². The highest BCUT2D eigenvalue weighted by atomic mass is 79.9. The fraction of sp³-hybridized carbons (Fsp3) is 0.136. The minimum Gasteiger partial charge on any atom is -0.493 e. The average Bonchev–Trinajstić information content (AvgIpc) is 2.72. The summed E-state index contributed by atoms with van der Waals surface area (Å²) in [7, 11) is -2.26. The zero-order valence-electron chi connectivity index (χ0n) is 16.3. The third-order valence-electron chi connectivity index (χ3n) is 4.60. The molecule has 0 saturated heterocycles. The van der Waals surface area contributed by atoms with E-state index < -0.39 is 10.0 Å². The minimum atomic E-state index is -3.79. The Kier molecular flexibility index (Phi) is 5.53. The molecule has 0 fully saturated rings. The third-order valence-corrected chi connectivity index (χ3v) is 6.52. The number of hydrogen-bond acceptors (Lipinski definition) is 5. The van der Waals surface area contributed by atoms with E-state index in [2.05, 4.69) is 31.7 Å². The topological polar surface area (TPSA) is 77.0 Å². The summed E-state index contributed by atoms with van der Waals surface area (Å²) in [4.78, 5) is 0.151. The highest BCUT2D eigenvalue weighted by Crippen LogP contribution is 2.38. The van der Waals surface area contributed by atoms with Crippen molar-refractivity contribution in [2.75, 3.05) is 12.4 Å². The zero-order chi connectivity index (χ0) is 21.3. The standard InChI is InChI=1S/C22H19BrN2O4S/c1-14-6-5-7-15(10-14)13-29-21-17(23)11-16(12-19(21)28-2)22-24-18-8-3-4-9-20(18)30(26,27)25-22/h3-12H,13H2,1-2H3,(H,24,25). The largest absolute Gasteiger partial charge is 0.493 e. The molecule has 0 unspecified atom stereocenters. The van der Waals surface area contributed by atoms with E-state index in [4.69, 9.17) is 9.47 Å². The zero-order valence-corrected chi connectivity index (χ0v) is 18.7. The predicted molar refractivity (Wildman–Crippen MR) is 120 cm³/mol. The van der Waals surface area contributed by atoms with Gasteiger partial charge in [0, 0.05) is 5.56 Å². The molecule has 1 N–H and O–H groups in total. The van der Waals surface area contributed by atoms with Crippen molar-refractivity contribution in [3.05, 3.63) is 81.8 Å². The van der Waals surface area contributed by atoms with Gasteiger partial charge in [-0.25, -0.2) is 0 Å². The van der Waals surface area contributed by atoms with E-state index in [1.54, 1.807) is 30.3 Å². The maximum atomic E-state index is 12.6. The molecule has 6 nitrogen and oxygen atoms in total. The van der Waals surface area contributed by atoms with E-state index in [-0.39, 0.29) is 10.7 Å². The molecule has 0 saturated carbocycles. The van der Waals surface area contributed by atoms with Crippen LogP contribution in [-0.4, -0.2) is 21.4 Å². The molecule has 1 aliphatic heterocycles. The summed E-state index contributed by atoms with van der Waals surface area (Å²) >= 11 is 3.52. The number of fused-ring (bicyclic) bond motifs is 1. The van der Waals surface area contributed by atoms with Crippen LogP contribution in [0.5, 0.6) is 11.5 Å². The molecule has 30 heavy (non-hydrogen) atoms. The van der Waals surface area contributed by atoms with E-state index in [0.717, 1.165) is 11.1 Å². The number of anilines is 1. The fourth-order valence-electron chi connectivity index (χ4n) is 3.19. The molecule has 3 aromatic rings. The minimum absolute atomic E-state index is 0.151. The summed E-state index contributed by atoms with van der Waals surface area (Å²) in [6.45, 7) is 2.40. The first-order valence-electron chi connectivity index (χ1n) is 9.14. The van der Waals surface area contributed by atoms with Crippen molar-refractivity contribution < 1.29 is 17.9 Å². The molecule has 1 aliphatic rings. The van der Waals surface area contributed by atoms with Gasteiger partial charge in [-0.2, -0.15) is 8.42 Å². The number of sulfonamides is 1. The van der Waals surface area contributed by atoms with Gasteiger partial charge in [-0.15, -0.1) is 4.40 Å². The first kappa shape index (κ1) is 20.4. The summed E-state index contributed by atoms with van der Waals surface area (Å²) in [5.41, 5.74) is 3.23. The van der Waals surface area contributed by atoms with Crippen LogP contribution in [-0.2, 0) is 16.6 Å². The molecule has 0 aliphatic carbocycles. The maximum Gasteiger partial charge on any atom is 0.286 e. The molecular weight excluding hydrogens is 468 g/mol. The van der Waals surface area contributed by atoms with Crippen molar-refractivity contribution in [3.8, 4) is 11.5 Å². The molecule has 8 heteroatoms.